The third-order valence-corrected chi connectivity index (χ3v) is 3.20. The van der Waals surface area contributed by atoms with Gasteiger partial charge in [0.05, 0.1) is 12.1 Å². The number of anilines is 2. The van der Waals surface area contributed by atoms with Gasteiger partial charge in [0.25, 0.3) is 0 Å². The zero-order chi connectivity index (χ0) is 14.7. The van der Waals surface area contributed by atoms with E-state index in [1.165, 1.54) is 0 Å². The number of fused-ring (bicyclic) bond motifs is 1. The Morgan fingerprint density at radius 1 is 1.10 bits per heavy atom. The van der Waals surface area contributed by atoms with Crippen molar-refractivity contribution in [3.63, 3.8) is 0 Å². The lowest BCUT2D eigenvalue weighted by atomic mass is 10.2. The molecule has 1 aromatic carbocycles. The molecule has 0 fully saturated rings. The number of aromatic amines is 1. The smallest absolute Gasteiger partial charge is 0.180 e. The largest absolute Gasteiger partial charge is 0.395 e. The standard InChI is InChI=1S/C15H17N5O/c1-16-13-7-6-12-15(19-13)20-14(18-12)10-2-4-11(5-3-10)17-8-9-21/h2-7,17,21H,8-9H2,1H3,(H2,16,18,19,20). The van der Waals surface area contributed by atoms with Crippen molar-refractivity contribution in [3.05, 3.63) is 36.4 Å². The molecule has 3 rings (SSSR count). The van der Waals surface area contributed by atoms with E-state index in [1.54, 1.807) is 0 Å². The van der Waals surface area contributed by atoms with Crippen molar-refractivity contribution < 1.29 is 5.11 Å². The lowest BCUT2D eigenvalue weighted by molar-refractivity contribution is 0.311. The summed E-state index contributed by atoms with van der Waals surface area (Å²) in [5, 5.41) is 14.9. The zero-order valence-corrected chi connectivity index (χ0v) is 11.7. The second-order valence-corrected chi connectivity index (χ2v) is 4.63. The van der Waals surface area contributed by atoms with Crippen LogP contribution in [0.15, 0.2) is 36.4 Å². The Labute approximate surface area is 122 Å². The molecule has 108 valence electrons. The van der Waals surface area contributed by atoms with E-state index in [0.717, 1.165) is 28.4 Å². The first-order chi connectivity index (χ1) is 10.3. The van der Waals surface area contributed by atoms with Crippen molar-refractivity contribution in [2.75, 3.05) is 30.8 Å². The van der Waals surface area contributed by atoms with Crippen LogP contribution in [0.4, 0.5) is 11.5 Å². The summed E-state index contributed by atoms with van der Waals surface area (Å²) in [6.45, 7) is 0.658. The average Bonchev–Trinajstić information content (AvgIpc) is 2.96. The second-order valence-electron chi connectivity index (χ2n) is 4.63. The van der Waals surface area contributed by atoms with Crippen LogP contribution >= 0.6 is 0 Å². The number of aliphatic hydroxyl groups excluding tert-OH is 1. The molecule has 0 saturated carbocycles. The lowest BCUT2D eigenvalue weighted by Crippen LogP contribution is -2.04. The van der Waals surface area contributed by atoms with Gasteiger partial charge in [-0.15, -0.1) is 0 Å². The molecule has 0 aliphatic heterocycles. The van der Waals surface area contributed by atoms with Crippen LogP contribution in [0.5, 0.6) is 0 Å². The minimum absolute atomic E-state index is 0.116. The molecule has 2 aromatic heterocycles. The molecule has 6 nitrogen and oxygen atoms in total. The number of pyridine rings is 1. The number of hydrogen-bond donors (Lipinski definition) is 4. The second kappa shape index (κ2) is 5.80. The molecule has 0 spiro atoms. The number of H-pyrrole nitrogens is 1. The Balaban J connectivity index is 1.89. The molecular weight excluding hydrogens is 266 g/mol. The van der Waals surface area contributed by atoms with Crippen molar-refractivity contribution in [3.8, 4) is 11.4 Å². The molecule has 0 radical (unpaired) electrons. The van der Waals surface area contributed by atoms with E-state index in [-0.39, 0.29) is 6.61 Å². The van der Waals surface area contributed by atoms with E-state index < -0.39 is 0 Å². The number of benzene rings is 1. The molecule has 6 heteroatoms. The van der Waals surface area contributed by atoms with E-state index in [4.69, 9.17) is 5.11 Å². The van der Waals surface area contributed by atoms with Crippen LogP contribution < -0.4 is 10.6 Å². The Hall–Kier alpha value is -2.60. The Bertz CT molecular complexity index is 735. The summed E-state index contributed by atoms with van der Waals surface area (Å²) < 4.78 is 0. The molecule has 0 aliphatic rings. The summed E-state index contributed by atoms with van der Waals surface area (Å²) >= 11 is 0. The van der Waals surface area contributed by atoms with Gasteiger partial charge in [0.15, 0.2) is 5.65 Å². The lowest BCUT2D eigenvalue weighted by Gasteiger charge is -2.04. The Morgan fingerprint density at radius 2 is 1.90 bits per heavy atom. The minimum atomic E-state index is 0.116. The van der Waals surface area contributed by atoms with E-state index in [0.29, 0.717) is 12.2 Å². The van der Waals surface area contributed by atoms with Gasteiger partial charge in [0.2, 0.25) is 0 Å². The monoisotopic (exact) mass is 283 g/mol. The van der Waals surface area contributed by atoms with Crippen molar-refractivity contribution >= 4 is 22.7 Å². The number of nitrogens with one attached hydrogen (secondary N) is 3. The topological polar surface area (TPSA) is 85.9 Å². The van der Waals surface area contributed by atoms with Crippen LogP contribution in [-0.2, 0) is 0 Å². The number of rotatable bonds is 5. The van der Waals surface area contributed by atoms with Crippen LogP contribution in [0, 0.1) is 0 Å². The van der Waals surface area contributed by atoms with Crippen LogP contribution in [0.25, 0.3) is 22.6 Å². The van der Waals surface area contributed by atoms with Gasteiger partial charge in [-0.25, -0.2) is 9.97 Å². The molecule has 0 atom stereocenters. The van der Waals surface area contributed by atoms with Crippen LogP contribution in [-0.4, -0.2) is 40.3 Å². The summed E-state index contributed by atoms with van der Waals surface area (Å²) in [5.74, 6) is 1.59. The molecule has 0 saturated heterocycles. The van der Waals surface area contributed by atoms with Crippen molar-refractivity contribution in [2.24, 2.45) is 0 Å². The highest BCUT2D eigenvalue weighted by atomic mass is 16.3. The molecule has 3 aromatic rings. The number of aliphatic hydroxyl groups is 1. The normalized spacial score (nSPS) is 10.8. The molecule has 0 bridgehead atoms. The van der Waals surface area contributed by atoms with Crippen LogP contribution in [0.1, 0.15) is 0 Å². The van der Waals surface area contributed by atoms with E-state index in [1.807, 2.05) is 43.4 Å². The summed E-state index contributed by atoms with van der Waals surface area (Å²) in [7, 11) is 1.83. The third kappa shape index (κ3) is 2.80. The molecule has 0 aliphatic carbocycles. The summed E-state index contributed by atoms with van der Waals surface area (Å²) in [6.07, 6.45) is 0. The fourth-order valence-electron chi connectivity index (χ4n) is 2.11. The van der Waals surface area contributed by atoms with Gasteiger partial charge in [0, 0.05) is 24.8 Å². The quantitative estimate of drug-likeness (QED) is 0.576. The van der Waals surface area contributed by atoms with Gasteiger partial charge in [-0.3, -0.25) is 0 Å². The SMILES string of the molecule is CNc1ccc2[nH]c(-c3ccc(NCCO)cc3)nc2n1. The van der Waals surface area contributed by atoms with Crippen LogP contribution in [0.3, 0.4) is 0 Å². The molecule has 0 amide bonds. The van der Waals surface area contributed by atoms with E-state index >= 15 is 0 Å². The first kappa shape index (κ1) is 13.4. The van der Waals surface area contributed by atoms with Gasteiger partial charge < -0.3 is 20.7 Å². The third-order valence-electron chi connectivity index (χ3n) is 3.20. The number of imidazole rings is 1. The van der Waals surface area contributed by atoms with Crippen molar-refractivity contribution in [1.82, 2.24) is 15.0 Å². The van der Waals surface area contributed by atoms with Crippen molar-refractivity contribution in [2.45, 2.75) is 0 Å². The summed E-state index contributed by atoms with van der Waals surface area (Å²) in [5.41, 5.74) is 3.57. The van der Waals surface area contributed by atoms with Gasteiger partial charge >= 0.3 is 0 Å². The predicted molar refractivity (Wildman–Crippen MR) is 84.4 cm³/mol. The Morgan fingerprint density at radius 3 is 2.62 bits per heavy atom. The molecule has 2 heterocycles. The maximum atomic E-state index is 8.79. The highest BCUT2D eigenvalue weighted by Gasteiger charge is 2.07. The highest BCUT2D eigenvalue weighted by Crippen LogP contribution is 2.22. The maximum Gasteiger partial charge on any atom is 0.180 e. The van der Waals surface area contributed by atoms with Gasteiger partial charge in [-0.2, -0.15) is 0 Å². The summed E-state index contributed by atoms with van der Waals surface area (Å²) in [4.78, 5) is 12.2. The van der Waals surface area contributed by atoms with E-state index in [2.05, 4.69) is 25.6 Å². The summed E-state index contributed by atoms with van der Waals surface area (Å²) in [6, 6.07) is 11.8. The molecule has 21 heavy (non-hydrogen) atoms. The van der Waals surface area contributed by atoms with Gasteiger partial charge in [-0.1, -0.05) is 0 Å². The molecule has 0 unspecified atom stereocenters. The van der Waals surface area contributed by atoms with E-state index in [9.17, 15) is 0 Å². The van der Waals surface area contributed by atoms with Gasteiger partial charge in [-0.05, 0) is 36.4 Å². The first-order valence-electron chi connectivity index (χ1n) is 6.80. The minimum Gasteiger partial charge on any atom is -0.395 e. The maximum absolute atomic E-state index is 8.79. The Kier molecular flexibility index (Phi) is 3.70. The van der Waals surface area contributed by atoms with Crippen LogP contribution in [0.2, 0.25) is 0 Å². The fourth-order valence-corrected chi connectivity index (χ4v) is 2.11. The predicted octanol–water partition coefficient (Wildman–Crippen LogP) is 2.07. The number of aromatic nitrogens is 3. The van der Waals surface area contributed by atoms with Gasteiger partial charge in [0.1, 0.15) is 11.6 Å². The average molecular weight is 283 g/mol. The number of nitrogens with zero attached hydrogens (tertiary/aromatic N) is 2. The molecular formula is C15H17N5O. The highest BCUT2D eigenvalue weighted by molar-refractivity contribution is 5.77. The molecule has 4 N–H and O–H groups in total. The number of hydrogen-bond acceptors (Lipinski definition) is 5. The van der Waals surface area contributed by atoms with Crippen molar-refractivity contribution in [1.29, 1.82) is 0 Å². The first-order valence-corrected chi connectivity index (χ1v) is 6.80. The zero-order valence-electron chi connectivity index (χ0n) is 11.7. The fraction of sp³-hybridized carbons (Fsp3) is 0.200.